The number of benzene rings is 1. The van der Waals surface area contributed by atoms with Gasteiger partial charge in [-0.2, -0.15) is 0 Å². The van der Waals surface area contributed by atoms with Crippen LogP contribution in [0.15, 0.2) is 24.3 Å². The maximum Gasteiger partial charge on any atom is 0.0640 e. The molecule has 4 heteroatoms. The van der Waals surface area contributed by atoms with Gasteiger partial charge < -0.3 is 11.5 Å². The Morgan fingerprint density at radius 2 is 2.07 bits per heavy atom. The zero-order valence-corrected chi connectivity index (χ0v) is 9.11. The number of hydrogen-bond donors (Lipinski definition) is 2. The fourth-order valence-corrected chi connectivity index (χ4v) is 2.97. The van der Waals surface area contributed by atoms with Gasteiger partial charge in [0.25, 0.3) is 0 Å². The molecule has 2 nitrogen and oxygen atoms in total. The number of thiophene rings is 1. The van der Waals surface area contributed by atoms with Gasteiger partial charge >= 0.3 is 0 Å². The van der Waals surface area contributed by atoms with Crippen LogP contribution >= 0.6 is 22.9 Å². The lowest BCUT2D eigenvalue weighted by Gasteiger charge is -2.05. The molecular weight excluding hydrogens is 216 g/mol. The lowest BCUT2D eigenvalue weighted by molar-refractivity contribution is 0.752. The largest absolute Gasteiger partial charge is 0.329 e. The summed E-state index contributed by atoms with van der Waals surface area (Å²) in [6, 6.07) is 7.85. The Morgan fingerprint density at radius 1 is 1.36 bits per heavy atom. The van der Waals surface area contributed by atoms with Crippen molar-refractivity contribution in [3.63, 3.8) is 0 Å². The molecule has 0 bridgehead atoms. The number of hydrogen-bond acceptors (Lipinski definition) is 3. The maximum atomic E-state index is 6.21. The summed E-state index contributed by atoms with van der Waals surface area (Å²) in [5.41, 5.74) is 11.4. The highest BCUT2D eigenvalue weighted by molar-refractivity contribution is 7.19. The SMILES string of the molecule is NC[C@@H](N)c1sc2ccccc2c1Cl. The average molecular weight is 227 g/mol. The Hall–Kier alpha value is -0.610. The zero-order chi connectivity index (χ0) is 10.1. The molecule has 0 saturated carbocycles. The van der Waals surface area contributed by atoms with Crippen molar-refractivity contribution in [1.29, 1.82) is 0 Å². The highest BCUT2D eigenvalue weighted by Gasteiger charge is 2.14. The molecule has 1 aromatic heterocycles. The van der Waals surface area contributed by atoms with Crippen molar-refractivity contribution >= 4 is 33.0 Å². The monoisotopic (exact) mass is 226 g/mol. The van der Waals surface area contributed by atoms with E-state index in [0.29, 0.717) is 6.54 Å². The first-order valence-electron chi connectivity index (χ1n) is 4.36. The van der Waals surface area contributed by atoms with Crippen molar-refractivity contribution in [2.75, 3.05) is 6.54 Å². The molecule has 0 fully saturated rings. The van der Waals surface area contributed by atoms with Gasteiger partial charge in [0.15, 0.2) is 0 Å². The van der Waals surface area contributed by atoms with Crippen molar-refractivity contribution in [2.45, 2.75) is 6.04 Å². The Labute approximate surface area is 91.5 Å². The van der Waals surface area contributed by atoms with Gasteiger partial charge in [0.2, 0.25) is 0 Å². The summed E-state index contributed by atoms with van der Waals surface area (Å²) in [4.78, 5) is 0.982. The molecule has 0 aliphatic rings. The topological polar surface area (TPSA) is 52.0 Å². The van der Waals surface area contributed by atoms with Crippen LogP contribution in [0.2, 0.25) is 5.02 Å². The van der Waals surface area contributed by atoms with E-state index in [2.05, 4.69) is 0 Å². The smallest absolute Gasteiger partial charge is 0.0640 e. The fraction of sp³-hybridized carbons (Fsp3) is 0.200. The summed E-state index contributed by atoms with van der Waals surface area (Å²) < 4.78 is 1.16. The van der Waals surface area contributed by atoms with Crippen molar-refractivity contribution in [3.05, 3.63) is 34.2 Å². The molecule has 0 radical (unpaired) electrons. The van der Waals surface area contributed by atoms with Crippen LogP contribution in [0, 0.1) is 0 Å². The second-order valence-corrected chi connectivity index (χ2v) is 4.58. The molecule has 0 spiro atoms. The summed E-state index contributed by atoms with van der Waals surface area (Å²) in [6.07, 6.45) is 0. The number of rotatable bonds is 2. The molecule has 14 heavy (non-hydrogen) atoms. The van der Waals surface area contributed by atoms with Crippen molar-refractivity contribution in [2.24, 2.45) is 11.5 Å². The molecule has 0 amide bonds. The average Bonchev–Trinajstić information content (AvgIpc) is 2.56. The van der Waals surface area contributed by atoms with Crippen LogP contribution in [0.5, 0.6) is 0 Å². The lowest BCUT2D eigenvalue weighted by Crippen LogP contribution is -2.19. The maximum absolute atomic E-state index is 6.21. The summed E-state index contributed by atoms with van der Waals surface area (Å²) in [5, 5.41) is 1.82. The van der Waals surface area contributed by atoms with Crippen molar-refractivity contribution in [1.82, 2.24) is 0 Å². The van der Waals surface area contributed by atoms with Gasteiger partial charge in [0.05, 0.1) is 11.1 Å². The molecule has 0 aliphatic carbocycles. The lowest BCUT2D eigenvalue weighted by atomic mass is 10.2. The minimum atomic E-state index is -0.153. The molecular formula is C10H11ClN2S. The highest BCUT2D eigenvalue weighted by Crippen LogP contribution is 2.37. The van der Waals surface area contributed by atoms with E-state index in [-0.39, 0.29) is 6.04 Å². The van der Waals surface area contributed by atoms with E-state index in [4.69, 9.17) is 23.1 Å². The van der Waals surface area contributed by atoms with Gasteiger partial charge in [0, 0.05) is 21.5 Å². The highest BCUT2D eigenvalue weighted by atomic mass is 35.5. The minimum absolute atomic E-state index is 0.153. The Balaban J connectivity index is 2.62. The quantitative estimate of drug-likeness (QED) is 0.827. The predicted molar refractivity (Wildman–Crippen MR) is 62.8 cm³/mol. The third-order valence-corrected chi connectivity index (χ3v) is 3.97. The summed E-state index contributed by atoms with van der Waals surface area (Å²) in [6.45, 7) is 0.423. The first kappa shape index (κ1) is 9.93. The fourth-order valence-electron chi connectivity index (χ4n) is 1.38. The molecule has 2 rings (SSSR count). The van der Waals surface area contributed by atoms with Crippen LogP contribution < -0.4 is 11.5 Å². The van der Waals surface area contributed by atoms with E-state index in [1.165, 1.54) is 0 Å². The Bertz CT molecular complexity index is 452. The van der Waals surface area contributed by atoms with Gasteiger partial charge in [-0.1, -0.05) is 29.8 Å². The standard InChI is InChI=1S/C10H11ClN2S/c11-9-6-3-1-2-4-8(6)14-10(9)7(13)5-12/h1-4,7H,5,12-13H2/t7-/m1/s1. The second-order valence-electron chi connectivity index (χ2n) is 3.12. The number of fused-ring (bicyclic) bond motifs is 1. The van der Waals surface area contributed by atoms with Crippen LogP contribution in [-0.2, 0) is 0 Å². The van der Waals surface area contributed by atoms with E-state index >= 15 is 0 Å². The first-order valence-corrected chi connectivity index (χ1v) is 5.56. The van der Waals surface area contributed by atoms with Gasteiger partial charge in [-0.25, -0.2) is 0 Å². The minimum Gasteiger partial charge on any atom is -0.329 e. The van der Waals surface area contributed by atoms with E-state index in [9.17, 15) is 0 Å². The van der Waals surface area contributed by atoms with Crippen LogP contribution in [0.25, 0.3) is 10.1 Å². The van der Waals surface area contributed by atoms with E-state index < -0.39 is 0 Å². The van der Waals surface area contributed by atoms with Gasteiger partial charge in [-0.15, -0.1) is 11.3 Å². The molecule has 74 valence electrons. The number of nitrogens with two attached hydrogens (primary N) is 2. The molecule has 0 unspecified atom stereocenters. The van der Waals surface area contributed by atoms with Crippen LogP contribution in [0.4, 0.5) is 0 Å². The van der Waals surface area contributed by atoms with E-state index in [1.54, 1.807) is 11.3 Å². The van der Waals surface area contributed by atoms with Crippen molar-refractivity contribution in [3.8, 4) is 0 Å². The van der Waals surface area contributed by atoms with Crippen molar-refractivity contribution < 1.29 is 0 Å². The second kappa shape index (κ2) is 3.87. The molecule has 2 aromatic rings. The summed E-state index contributed by atoms with van der Waals surface area (Å²) >= 11 is 7.83. The molecule has 1 heterocycles. The molecule has 1 aromatic carbocycles. The Morgan fingerprint density at radius 3 is 2.71 bits per heavy atom. The van der Waals surface area contributed by atoms with Gasteiger partial charge in [0.1, 0.15) is 0 Å². The van der Waals surface area contributed by atoms with Gasteiger partial charge in [-0.05, 0) is 6.07 Å². The third kappa shape index (κ3) is 1.53. The predicted octanol–water partition coefficient (Wildman–Crippen LogP) is 2.51. The van der Waals surface area contributed by atoms with E-state index in [0.717, 1.165) is 20.0 Å². The molecule has 0 aliphatic heterocycles. The summed E-state index contributed by atoms with van der Waals surface area (Å²) in [5.74, 6) is 0. The van der Waals surface area contributed by atoms with Crippen LogP contribution in [-0.4, -0.2) is 6.54 Å². The third-order valence-electron chi connectivity index (χ3n) is 2.15. The molecule has 4 N–H and O–H groups in total. The Kier molecular flexibility index (Phi) is 2.74. The summed E-state index contributed by atoms with van der Waals surface area (Å²) in [7, 11) is 0. The first-order chi connectivity index (χ1) is 6.74. The number of halogens is 1. The zero-order valence-electron chi connectivity index (χ0n) is 7.53. The van der Waals surface area contributed by atoms with Gasteiger partial charge in [-0.3, -0.25) is 0 Å². The normalized spacial score (nSPS) is 13.4. The van der Waals surface area contributed by atoms with Crippen LogP contribution in [0.1, 0.15) is 10.9 Å². The van der Waals surface area contributed by atoms with Crippen LogP contribution in [0.3, 0.4) is 0 Å². The molecule has 1 atom stereocenters. The van der Waals surface area contributed by atoms with E-state index in [1.807, 2.05) is 24.3 Å². The molecule has 0 saturated heterocycles.